The average Bonchev–Trinajstić information content (AvgIpc) is 3.44. The Hall–Kier alpha value is -2.56. The Morgan fingerprint density at radius 1 is 1.33 bits per heavy atom. The van der Waals surface area contributed by atoms with Crippen molar-refractivity contribution in [1.29, 1.82) is 5.26 Å². The Balaban J connectivity index is 1.73. The Morgan fingerprint density at radius 2 is 2.06 bits per heavy atom. The summed E-state index contributed by atoms with van der Waals surface area (Å²) in [6.45, 7) is 4.98. The van der Waals surface area contributed by atoms with E-state index >= 15 is 0 Å². The topological polar surface area (TPSA) is 99.9 Å². The number of hydrogen-bond acceptors (Lipinski definition) is 6. The fourth-order valence-electron chi connectivity index (χ4n) is 4.43. The highest BCUT2D eigenvalue weighted by molar-refractivity contribution is 7.18. The highest BCUT2D eigenvalue weighted by atomic mass is 35.5. The van der Waals surface area contributed by atoms with Crippen LogP contribution in [0.4, 0.5) is 0 Å². The van der Waals surface area contributed by atoms with E-state index < -0.39 is 5.92 Å². The number of carbonyl (C=O) groups excluding carboxylic acids is 3. The maximum Gasteiger partial charge on any atom is 0.224 e. The summed E-state index contributed by atoms with van der Waals surface area (Å²) in [5, 5.41) is 13.5. The summed E-state index contributed by atoms with van der Waals surface area (Å²) in [6, 6.07) is 7.10. The van der Waals surface area contributed by atoms with Crippen LogP contribution in [0.3, 0.4) is 0 Å². The van der Waals surface area contributed by atoms with Crippen LogP contribution < -0.4 is 5.32 Å². The molecule has 1 saturated carbocycles. The predicted molar refractivity (Wildman–Crippen MR) is 130 cm³/mol. The molecule has 0 aliphatic heterocycles. The second-order valence-corrected chi connectivity index (χ2v) is 10.3. The standard InChI is InChI=1S/C25H28ClN3O3S/c1-15(14-27)22(31)10-9-20(17-5-3-4-6-17)29-25(32)18(11-16(2)30)12-24-28-21-8-7-19(26)13-23(21)33-24/h7-8,13,17-18,20H,1,3-6,9-12H2,2H3,(H,29,32)/t18-,20+/m0/s1. The van der Waals surface area contributed by atoms with Crippen molar-refractivity contribution in [1.82, 2.24) is 10.3 Å². The summed E-state index contributed by atoms with van der Waals surface area (Å²) in [7, 11) is 0. The third-order valence-corrected chi connectivity index (χ3v) is 7.45. The molecule has 2 aromatic rings. The van der Waals surface area contributed by atoms with Crippen LogP contribution in [-0.2, 0) is 20.8 Å². The predicted octanol–water partition coefficient (Wildman–Crippen LogP) is 5.19. The molecule has 1 fully saturated rings. The van der Waals surface area contributed by atoms with E-state index in [1.165, 1.54) is 18.3 Å². The number of nitriles is 1. The molecule has 1 aliphatic rings. The number of halogens is 1. The van der Waals surface area contributed by atoms with Gasteiger partial charge >= 0.3 is 0 Å². The molecule has 0 radical (unpaired) electrons. The van der Waals surface area contributed by atoms with E-state index in [2.05, 4.69) is 16.9 Å². The van der Waals surface area contributed by atoms with Crippen molar-refractivity contribution >= 4 is 50.6 Å². The van der Waals surface area contributed by atoms with Gasteiger partial charge in [0.15, 0.2) is 5.78 Å². The molecule has 0 saturated heterocycles. The van der Waals surface area contributed by atoms with Crippen LogP contribution in [0.2, 0.25) is 5.02 Å². The zero-order valence-corrected chi connectivity index (χ0v) is 20.3. The summed E-state index contributed by atoms with van der Waals surface area (Å²) in [4.78, 5) is 41.9. The number of thiazole rings is 1. The monoisotopic (exact) mass is 485 g/mol. The number of Topliss-reactive ketones (excluding diaryl/α,β-unsaturated/α-hetero) is 2. The number of nitrogens with one attached hydrogen (secondary N) is 1. The number of hydrogen-bond donors (Lipinski definition) is 1. The van der Waals surface area contributed by atoms with Gasteiger partial charge in [-0.25, -0.2) is 4.98 Å². The number of nitrogens with zero attached hydrogens (tertiary/aromatic N) is 2. The van der Waals surface area contributed by atoms with Gasteiger partial charge in [0.1, 0.15) is 11.9 Å². The van der Waals surface area contributed by atoms with Crippen molar-refractivity contribution in [2.45, 2.75) is 64.3 Å². The van der Waals surface area contributed by atoms with Gasteiger partial charge in [0.2, 0.25) is 5.91 Å². The van der Waals surface area contributed by atoms with E-state index in [-0.39, 0.29) is 41.9 Å². The van der Waals surface area contributed by atoms with E-state index in [1.807, 2.05) is 12.1 Å². The number of allylic oxidation sites excluding steroid dienone is 1. The van der Waals surface area contributed by atoms with E-state index in [0.29, 0.717) is 23.8 Å². The minimum atomic E-state index is -0.535. The van der Waals surface area contributed by atoms with Gasteiger partial charge in [-0.15, -0.1) is 11.3 Å². The maximum atomic E-state index is 13.3. The Kier molecular flexibility index (Phi) is 8.76. The lowest BCUT2D eigenvalue weighted by Crippen LogP contribution is -2.43. The van der Waals surface area contributed by atoms with Gasteiger partial charge in [-0.3, -0.25) is 9.59 Å². The number of aromatic nitrogens is 1. The van der Waals surface area contributed by atoms with Crippen LogP contribution in [-0.4, -0.2) is 28.5 Å². The Bertz CT molecular complexity index is 1100. The summed E-state index contributed by atoms with van der Waals surface area (Å²) < 4.78 is 0.944. The zero-order chi connectivity index (χ0) is 24.0. The van der Waals surface area contributed by atoms with Crippen LogP contribution in [0.1, 0.15) is 56.9 Å². The normalized spacial score (nSPS) is 15.7. The molecule has 1 aromatic heterocycles. The smallest absolute Gasteiger partial charge is 0.224 e. The van der Waals surface area contributed by atoms with Gasteiger partial charge in [-0.2, -0.15) is 5.26 Å². The molecule has 1 aromatic carbocycles. The number of rotatable bonds is 11. The van der Waals surface area contributed by atoms with Crippen molar-refractivity contribution in [3.05, 3.63) is 40.4 Å². The van der Waals surface area contributed by atoms with Crippen molar-refractivity contribution in [2.24, 2.45) is 11.8 Å². The van der Waals surface area contributed by atoms with Crippen LogP contribution >= 0.6 is 22.9 Å². The lowest BCUT2D eigenvalue weighted by molar-refractivity contribution is -0.129. The Morgan fingerprint density at radius 3 is 2.73 bits per heavy atom. The number of amides is 1. The first kappa shape index (κ1) is 25.1. The van der Waals surface area contributed by atoms with Gasteiger partial charge < -0.3 is 10.1 Å². The van der Waals surface area contributed by atoms with Gasteiger partial charge in [0, 0.05) is 30.3 Å². The minimum Gasteiger partial charge on any atom is -0.353 e. The molecule has 3 rings (SSSR count). The molecule has 0 unspecified atom stereocenters. The third-order valence-electron chi connectivity index (χ3n) is 6.17. The maximum absolute atomic E-state index is 13.3. The molecule has 0 spiro atoms. The van der Waals surface area contributed by atoms with Gasteiger partial charge in [0.05, 0.1) is 26.7 Å². The third kappa shape index (κ3) is 6.96. The summed E-state index contributed by atoms with van der Waals surface area (Å²) >= 11 is 7.55. The largest absolute Gasteiger partial charge is 0.353 e. The molecule has 1 N–H and O–H groups in total. The van der Waals surface area contributed by atoms with Crippen LogP contribution in [0, 0.1) is 23.2 Å². The average molecular weight is 486 g/mol. The quantitative estimate of drug-likeness (QED) is 0.348. The fraction of sp³-hybridized carbons (Fsp3) is 0.480. The summed E-state index contributed by atoms with van der Waals surface area (Å²) in [6.07, 6.45) is 5.31. The Labute approximate surface area is 203 Å². The van der Waals surface area contributed by atoms with Crippen molar-refractivity contribution in [3.63, 3.8) is 0 Å². The molecular formula is C25H28ClN3O3S. The molecule has 33 heavy (non-hydrogen) atoms. The van der Waals surface area contributed by atoms with E-state index in [1.54, 1.807) is 12.1 Å². The molecule has 1 amide bonds. The molecule has 1 aliphatic carbocycles. The SMILES string of the molecule is C=C(C#N)C(=O)CC[C@@H](NC(=O)[C@@H](CC(C)=O)Cc1nc2ccc(Cl)cc2s1)C1CCCC1. The van der Waals surface area contributed by atoms with E-state index in [4.69, 9.17) is 16.9 Å². The van der Waals surface area contributed by atoms with Gasteiger partial charge in [0.25, 0.3) is 0 Å². The second-order valence-electron chi connectivity index (χ2n) is 8.74. The van der Waals surface area contributed by atoms with Crippen molar-refractivity contribution < 1.29 is 14.4 Å². The van der Waals surface area contributed by atoms with Crippen LogP contribution in [0.15, 0.2) is 30.4 Å². The van der Waals surface area contributed by atoms with Crippen molar-refractivity contribution in [3.8, 4) is 6.07 Å². The molecule has 0 bridgehead atoms. The first-order valence-electron chi connectivity index (χ1n) is 11.2. The zero-order valence-electron chi connectivity index (χ0n) is 18.7. The van der Waals surface area contributed by atoms with Gasteiger partial charge in [-0.05, 0) is 50.3 Å². The number of fused-ring (bicyclic) bond motifs is 1. The molecule has 1 heterocycles. The molecular weight excluding hydrogens is 458 g/mol. The molecule has 2 atom stereocenters. The van der Waals surface area contributed by atoms with Crippen LogP contribution in [0.5, 0.6) is 0 Å². The lowest BCUT2D eigenvalue weighted by Gasteiger charge is -2.27. The lowest BCUT2D eigenvalue weighted by atomic mass is 9.90. The van der Waals surface area contributed by atoms with E-state index in [0.717, 1.165) is 40.9 Å². The summed E-state index contributed by atoms with van der Waals surface area (Å²) in [5.74, 6) is -0.779. The second kappa shape index (κ2) is 11.5. The first-order chi connectivity index (χ1) is 15.8. The highest BCUT2D eigenvalue weighted by Gasteiger charge is 2.30. The fourth-order valence-corrected chi connectivity index (χ4v) is 5.76. The first-order valence-corrected chi connectivity index (χ1v) is 12.4. The van der Waals surface area contributed by atoms with Crippen molar-refractivity contribution in [2.75, 3.05) is 0 Å². The highest BCUT2D eigenvalue weighted by Crippen LogP contribution is 2.31. The number of carbonyl (C=O) groups is 3. The van der Waals surface area contributed by atoms with E-state index in [9.17, 15) is 14.4 Å². The number of benzene rings is 1. The van der Waals surface area contributed by atoms with Gasteiger partial charge in [-0.1, -0.05) is 31.0 Å². The number of ketones is 2. The molecule has 174 valence electrons. The minimum absolute atomic E-state index is 0.0581. The summed E-state index contributed by atoms with van der Waals surface area (Å²) in [5.41, 5.74) is 0.762. The molecule has 8 heteroatoms. The molecule has 6 nitrogen and oxygen atoms in total. The van der Waals surface area contributed by atoms with Crippen LogP contribution in [0.25, 0.3) is 10.2 Å².